The molecule has 1 aromatic carbocycles. The third-order valence-electron chi connectivity index (χ3n) is 2.57. The molecule has 0 spiro atoms. The summed E-state index contributed by atoms with van der Waals surface area (Å²) in [5.41, 5.74) is -0.613. The summed E-state index contributed by atoms with van der Waals surface area (Å²) < 4.78 is 32.2. The van der Waals surface area contributed by atoms with Gasteiger partial charge in [-0.25, -0.2) is 8.78 Å². The number of hydrogen-bond acceptors (Lipinski definition) is 2. The Balaban J connectivity index is 2.94. The number of hydrogen-bond donors (Lipinski definition) is 1. The van der Waals surface area contributed by atoms with Crippen LogP contribution in [0.4, 0.5) is 8.78 Å². The SMILES string of the molecule is CCC(C)(CNC)Oc1c(F)cccc1F. The van der Waals surface area contributed by atoms with Crippen LogP contribution in [0.15, 0.2) is 18.2 Å². The van der Waals surface area contributed by atoms with Gasteiger partial charge in [0.1, 0.15) is 5.60 Å². The van der Waals surface area contributed by atoms with Crippen molar-refractivity contribution in [3.05, 3.63) is 29.8 Å². The van der Waals surface area contributed by atoms with Gasteiger partial charge in [0.25, 0.3) is 0 Å². The van der Waals surface area contributed by atoms with Gasteiger partial charge in [-0.15, -0.1) is 0 Å². The maximum Gasteiger partial charge on any atom is 0.191 e. The smallest absolute Gasteiger partial charge is 0.191 e. The summed E-state index contributed by atoms with van der Waals surface area (Å²) in [5.74, 6) is -1.64. The maximum absolute atomic E-state index is 13.4. The lowest BCUT2D eigenvalue weighted by Crippen LogP contribution is -2.41. The van der Waals surface area contributed by atoms with Crippen molar-refractivity contribution in [2.24, 2.45) is 0 Å². The van der Waals surface area contributed by atoms with Gasteiger partial charge in [-0.2, -0.15) is 0 Å². The second kappa shape index (κ2) is 5.25. The number of nitrogens with one attached hydrogen (secondary N) is 1. The van der Waals surface area contributed by atoms with E-state index in [1.807, 2.05) is 13.8 Å². The molecule has 1 aromatic rings. The first-order valence-electron chi connectivity index (χ1n) is 5.30. The van der Waals surface area contributed by atoms with E-state index in [4.69, 9.17) is 4.74 Å². The molecule has 0 aliphatic rings. The van der Waals surface area contributed by atoms with Gasteiger partial charge >= 0.3 is 0 Å². The van der Waals surface area contributed by atoms with E-state index in [0.29, 0.717) is 13.0 Å². The highest BCUT2D eigenvalue weighted by atomic mass is 19.1. The Morgan fingerprint density at radius 3 is 2.31 bits per heavy atom. The molecule has 1 atom stereocenters. The highest BCUT2D eigenvalue weighted by Crippen LogP contribution is 2.26. The van der Waals surface area contributed by atoms with Crippen molar-refractivity contribution < 1.29 is 13.5 Å². The van der Waals surface area contributed by atoms with Crippen LogP contribution in [0.25, 0.3) is 0 Å². The average molecular weight is 229 g/mol. The Labute approximate surface area is 94.6 Å². The third kappa shape index (κ3) is 2.92. The fourth-order valence-corrected chi connectivity index (χ4v) is 1.43. The molecule has 0 heterocycles. The van der Waals surface area contributed by atoms with E-state index in [9.17, 15) is 8.78 Å². The molecular formula is C12H17F2NO. The van der Waals surface area contributed by atoms with Crippen molar-refractivity contribution >= 4 is 0 Å². The van der Waals surface area contributed by atoms with Gasteiger partial charge in [-0.05, 0) is 32.5 Å². The lowest BCUT2D eigenvalue weighted by molar-refractivity contribution is 0.0755. The fourth-order valence-electron chi connectivity index (χ4n) is 1.43. The topological polar surface area (TPSA) is 21.3 Å². The molecule has 90 valence electrons. The summed E-state index contributed by atoms with van der Waals surface area (Å²) >= 11 is 0. The summed E-state index contributed by atoms with van der Waals surface area (Å²) in [5, 5.41) is 2.95. The molecule has 0 aliphatic heterocycles. The quantitative estimate of drug-likeness (QED) is 0.838. The van der Waals surface area contributed by atoms with Crippen molar-refractivity contribution in [2.45, 2.75) is 25.9 Å². The minimum atomic E-state index is -0.671. The largest absolute Gasteiger partial charge is 0.480 e. The Bertz CT molecular complexity index is 337. The minimum absolute atomic E-state index is 0.304. The van der Waals surface area contributed by atoms with E-state index in [1.54, 1.807) is 7.05 Å². The molecule has 0 aromatic heterocycles. The van der Waals surface area contributed by atoms with E-state index >= 15 is 0 Å². The maximum atomic E-state index is 13.4. The highest BCUT2D eigenvalue weighted by molar-refractivity contribution is 5.26. The van der Waals surface area contributed by atoms with E-state index in [0.717, 1.165) is 0 Å². The monoisotopic (exact) mass is 229 g/mol. The van der Waals surface area contributed by atoms with Crippen LogP contribution < -0.4 is 10.1 Å². The molecule has 1 rings (SSSR count). The molecule has 0 saturated heterocycles. The number of rotatable bonds is 5. The summed E-state index contributed by atoms with van der Waals surface area (Å²) in [6, 6.07) is 3.70. The van der Waals surface area contributed by atoms with Crippen LogP contribution in [-0.2, 0) is 0 Å². The summed E-state index contributed by atoms with van der Waals surface area (Å²) in [4.78, 5) is 0. The molecule has 0 radical (unpaired) electrons. The standard InChI is InChI=1S/C12H17F2NO/c1-4-12(2,8-15-3)16-11-9(13)6-5-7-10(11)14/h5-7,15H,4,8H2,1-3H3. The van der Waals surface area contributed by atoms with Gasteiger partial charge in [-0.3, -0.25) is 0 Å². The van der Waals surface area contributed by atoms with Gasteiger partial charge in [0, 0.05) is 6.54 Å². The molecule has 0 fully saturated rings. The predicted octanol–water partition coefficient (Wildman–Crippen LogP) is 2.73. The molecular weight excluding hydrogens is 212 g/mol. The van der Waals surface area contributed by atoms with Gasteiger partial charge in [0.15, 0.2) is 17.4 Å². The van der Waals surface area contributed by atoms with Crippen LogP contribution in [-0.4, -0.2) is 19.2 Å². The number of likely N-dealkylation sites (N-methyl/N-ethyl adjacent to an activating group) is 1. The van der Waals surface area contributed by atoms with Crippen molar-refractivity contribution in [3.63, 3.8) is 0 Å². The summed E-state index contributed by atoms with van der Waals surface area (Å²) in [6.07, 6.45) is 0.654. The van der Waals surface area contributed by atoms with E-state index in [2.05, 4.69) is 5.32 Å². The first kappa shape index (κ1) is 12.9. The number of ether oxygens (including phenoxy) is 1. The summed E-state index contributed by atoms with van der Waals surface area (Å²) in [6.45, 7) is 4.25. The average Bonchev–Trinajstić information content (AvgIpc) is 2.24. The second-order valence-electron chi connectivity index (χ2n) is 3.99. The van der Waals surface area contributed by atoms with E-state index < -0.39 is 17.2 Å². The van der Waals surface area contributed by atoms with Gasteiger partial charge in [-0.1, -0.05) is 13.0 Å². The Morgan fingerprint density at radius 1 is 1.31 bits per heavy atom. The van der Waals surface area contributed by atoms with E-state index in [1.165, 1.54) is 18.2 Å². The molecule has 4 heteroatoms. The molecule has 1 N–H and O–H groups in total. The molecule has 0 bridgehead atoms. The summed E-state index contributed by atoms with van der Waals surface area (Å²) in [7, 11) is 1.77. The molecule has 1 unspecified atom stereocenters. The first-order chi connectivity index (χ1) is 7.52. The Morgan fingerprint density at radius 2 is 1.88 bits per heavy atom. The van der Waals surface area contributed by atoms with Gasteiger partial charge < -0.3 is 10.1 Å². The van der Waals surface area contributed by atoms with Gasteiger partial charge in [0.2, 0.25) is 0 Å². The predicted molar refractivity (Wildman–Crippen MR) is 59.6 cm³/mol. The van der Waals surface area contributed by atoms with Crippen LogP contribution in [0.3, 0.4) is 0 Å². The van der Waals surface area contributed by atoms with Crippen molar-refractivity contribution in [2.75, 3.05) is 13.6 Å². The van der Waals surface area contributed by atoms with Gasteiger partial charge in [0.05, 0.1) is 0 Å². The van der Waals surface area contributed by atoms with Crippen molar-refractivity contribution in [1.82, 2.24) is 5.32 Å². The minimum Gasteiger partial charge on any atom is -0.480 e. The van der Waals surface area contributed by atoms with Crippen LogP contribution >= 0.6 is 0 Å². The molecule has 2 nitrogen and oxygen atoms in total. The van der Waals surface area contributed by atoms with Crippen LogP contribution in [0, 0.1) is 11.6 Å². The van der Waals surface area contributed by atoms with Crippen LogP contribution in [0.1, 0.15) is 20.3 Å². The van der Waals surface area contributed by atoms with Crippen molar-refractivity contribution in [3.8, 4) is 5.75 Å². The van der Waals surface area contributed by atoms with E-state index in [-0.39, 0.29) is 5.75 Å². The zero-order valence-corrected chi connectivity index (χ0v) is 9.81. The zero-order valence-electron chi connectivity index (χ0n) is 9.81. The number of halogens is 2. The molecule has 0 aliphatic carbocycles. The fraction of sp³-hybridized carbons (Fsp3) is 0.500. The molecule has 0 amide bonds. The first-order valence-corrected chi connectivity index (χ1v) is 5.30. The molecule has 16 heavy (non-hydrogen) atoms. The molecule has 0 saturated carbocycles. The second-order valence-corrected chi connectivity index (χ2v) is 3.99. The number of para-hydroxylation sites is 1. The van der Waals surface area contributed by atoms with Crippen LogP contribution in [0.5, 0.6) is 5.75 Å². The lowest BCUT2D eigenvalue weighted by Gasteiger charge is -2.29. The normalized spacial score (nSPS) is 14.6. The number of benzene rings is 1. The lowest BCUT2D eigenvalue weighted by atomic mass is 10.0. The Hall–Kier alpha value is -1.16. The highest BCUT2D eigenvalue weighted by Gasteiger charge is 2.26. The zero-order chi connectivity index (χ0) is 12.2. The third-order valence-corrected chi connectivity index (χ3v) is 2.57. The van der Waals surface area contributed by atoms with Crippen LogP contribution in [0.2, 0.25) is 0 Å². The van der Waals surface area contributed by atoms with Crippen molar-refractivity contribution in [1.29, 1.82) is 0 Å². The Kier molecular flexibility index (Phi) is 4.24.